The minimum Gasteiger partial charge on any atom is -0.378 e. The summed E-state index contributed by atoms with van der Waals surface area (Å²) in [5.74, 6) is 0. The van der Waals surface area contributed by atoms with Crippen LogP contribution in [0.25, 0.3) is 5.69 Å². The van der Waals surface area contributed by atoms with Crippen LogP contribution in [0.15, 0.2) is 65.3 Å². The highest BCUT2D eigenvalue weighted by Crippen LogP contribution is 2.26. The summed E-state index contributed by atoms with van der Waals surface area (Å²) in [5, 5.41) is 8.54. The van der Waals surface area contributed by atoms with E-state index in [-0.39, 0.29) is 0 Å². The predicted molar refractivity (Wildman–Crippen MR) is 90.0 cm³/mol. The maximum Gasteiger partial charge on any atom is 0.0819 e. The molecular formula is C16H13BrClN3. The van der Waals surface area contributed by atoms with Gasteiger partial charge in [-0.1, -0.05) is 45.7 Å². The van der Waals surface area contributed by atoms with Gasteiger partial charge in [-0.2, -0.15) is 5.10 Å². The Kier molecular flexibility index (Phi) is 4.27. The Morgan fingerprint density at radius 2 is 1.90 bits per heavy atom. The molecule has 3 nitrogen and oxygen atoms in total. The van der Waals surface area contributed by atoms with Gasteiger partial charge in [0, 0.05) is 10.7 Å². The summed E-state index contributed by atoms with van der Waals surface area (Å²) >= 11 is 9.59. The summed E-state index contributed by atoms with van der Waals surface area (Å²) in [5.41, 5.74) is 2.89. The van der Waals surface area contributed by atoms with E-state index in [0.29, 0.717) is 11.6 Å². The van der Waals surface area contributed by atoms with Crippen molar-refractivity contribution in [3.63, 3.8) is 0 Å². The van der Waals surface area contributed by atoms with E-state index in [1.54, 1.807) is 0 Å². The smallest absolute Gasteiger partial charge is 0.0819 e. The summed E-state index contributed by atoms with van der Waals surface area (Å²) in [6.07, 6.45) is 1.95. The molecule has 21 heavy (non-hydrogen) atoms. The monoisotopic (exact) mass is 361 g/mol. The average Bonchev–Trinajstić information content (AvgIpc) is 2.98. The number of rotatable bonds is 4. The van der Waals surface area contributed by atoms with Crippen LogP contribution >= 0.6 is 27.5 Å². The third kappa shape index (κ3) is 3.46. The highest BCUT2D eigenvalue weighted by Gasteiger charge is 2.04. The Labute approximate surface area is 136 Å². The number of benzene rings is 2. The molecule has 0 saturated carbocycles. The molecule has 0 bridgehead atoms. The number of nitrogens with zero attached hydrogens (tertiary/aromatic N) is 2. The second kappa shape index (κ2) is 6.33. The fourth-order valence-corrected chi connectivity index (χ4v) is 2.54. The molecule has 0 atom stereocenters. The van der Waals surface area contributed by atoms with Crippen LogP contribution in [0.5, 0.6) is 0 Å². The lowest BCUT2D eigenvalue weighted by molar-refractivity contribution is 0.844. The summed E-state index contributed by atoms with van der Waals surface area (Å²) in [7, 11) is 0. The van der Waals surface area contributed by atoms with Gasteiger partial charge in [0.2, 0.25) is 0 Å². The molecule has 1 aromatic heterocycles. The first-order valence-corrected chi connectivity index (χ1v) is 7.68. The molecule has 0 fully saturated rings. The number of hydrogen-bond donors (Lipinski definition) is 1. The SMILES string of the molecule is Clc1ccc(Br)cc1NCc1ccn(-c2ccccc2)n1. The first-order chi connectivity index (χ1) is 10.2. The zero-order valence-electron chi connectivity index (χ0n) is 11.1. The molecule has 1 heterocycles. The topological polar surface area (TPSA) is 29.9 Å². The minimum atomic E-state index is 0.621. The molecule has 0 aliphatic heterocycles. The second-order valence-electron chi connectivity index (χ2n) is 4.56. The van der Waals surface area contributed by atoms with E-state index in [0.717, 1.165) is 21.5 Å². The molecule has 0 radical (unpaired) electrons. The lowest BCUT2D eigenvalue weighted by Crippen LogP contribution is -2.02. The number of aromatic nitrogens is 2. The van der Waals surface area contributed by atoms with Crippen molar-refractivity contribution in [3.8, 4) is 5.69 Å². The van der Waals surface area contributed by atoms with Crippen molar-refractivity contribution < 1.29 is 0 Å². The summed E-state index contributed by atoms with van der Waals surface area (Å²) in [6.45, 7) is 0.621. The van der Waals surface area contributed by atoms with Crippen LogP contribution in [-0.4, -0.2) is 9.78 Å². The Morgan fingerprint density at radius 1 is 1.10 bits per heavy atom. The third-order valence-corrected chi connectivity index (χ3v) is 3.88. The fourth-order valence-electron chi connectivity index (χ4n) is 2.00. The molecule has 2 aromatic carbocycles. The summed E-state index contributed by atoms with van der Waals surface area (Å²) in [4.78, 5) is 0. The van der Waals surface area contributed by atoms with Crippen molar-refractivity contribution >= 4 is 33.2 Å². The van der Waals surface area contributed by atoms with Gasteiger partial charge < -0.3 is 5.32 Å². The molecule has 5 heteroatoms. The largest absolute Gasteiger partial charge is 0.378 e. The second-order valence-corrected chi connectivity index (χ2v) is 5.89. The molecule has 0 aliphatic rings. The van der Waals surface area contributed by atoms with E-state index in [9.17, 15) is 0 Å². The highest BCUT2D eigenvalue weighted by molar-refractivity contribution is 9.10. The van der Waals surface area contributed by atoms with E-state index in [1.807, 2.05) is 65.5 Å². The molecule has 1 N–H and O–H groups in total. The molecule has 0 amide bonds. The zero-order chi connectivity index (χ0) is 14.7. The lowest BCUT2D eigenvalue weighted by atomic mass is 10.3. The van der Waals surface area contributed by atoms with Crippen molar-refractivity contribution in [3.05, 3.63) is 76.0 Å². The van der Waals surface area contributed by atoms with Gasteiger partial charge in [0.1, 0.15) is 0 Å². The summed E-state index contributed by atoms with van der Waals surface area (Å²) in [6, 6.07) is 17.7. The van der Waals surface area contributed by atoms with E-state index < -0.39 is 0 Å². The van der Waals surface area contributed by atoms with Gasteiger partial charge in [0.15, 0.2) is 0 Å². The molecular weight excluding hydrogens is 350 g/mol. The maximum atomic E-state index is 6.15. The Hall–Kier alpha value is -1.78. The highest BCUT2D eigenvalue weighted by atomic mass is 79.9. The fraction of sp³-hybridized carbons (Fsp3) is 0.0625. The number of para-hydroxylation sites is 1. The number of nitrogens with one attached hydrogen (secondary N) is 1. The number of anilines is 1. The van der Waals surface area contributed by atoms with Gasteiger partial charge in [-0.05, 0) is 36.4 Å². The molecule has 0 unspecified atom stereocenters. The molecule has 3 rings (SSSR count). The van der Waals surface area contributed by atoms with Crippen molar-refractivity contribution in [2.24, 2.45) is 0 Å². The van der Waals surface area contributed by atoms with Crippen LogP contribution in [0, 0.1) is 0 Å². The first kappa shape index (κ1) is 14.2. The van der Waals surface area contributed by atoms with Gasteiger partial charge >= 0.3 is 0 Å². The molecule has 0 saturated heterocycles. The van der Waals surface area contributed by atoms with Crippen LogP contribution in [0.3, 0.4) is 0 Å². The van der Waals surface area contributed by atoms with Crippen molar-refractivity contribution in [2.75, 3.05) is 5.32 Å². The lowest BCUT2D eigenvalue weighted by Gasteiger charge is -2.07. The van der Waals surface area contributed by atoms with Crippen molar-refractivity contribution in [1.29, 1.82) is 0 Å². The van der Waals surface area contributed by atoms with Crippen LogP contribution in [0.4, 0.5) is 5.69 Å². The first-order valence-electron chi connectivity index (χ1n) is 6.51. The normalized spacial score (nSPS) is 10.6. The summed E-state index contributed by atoms with van der Waals surface area (Å²) < 4.78 is 2.85. The van der Waals surface area contributed by atoms with E-state index in [4.69, 9.17) is 11.6 Å². The third-order valence-electron chi connectivity index (χ3n) is 3.05. The van der Waals surface area contributed by atoms with Crippen molar-refractivity contribution in [2.45, 2.75) is 6.54 Å². The van der Waals surface area contributed by atoms with E-state index >= 15 is 0 Å². The molecule has 0 aliphatic carbocycles. The van der Waals surface area contributed by atoms with Gasteiger partial charge in [0.25, 0.3) is 0 Å². The quantitative estimate of drug-likeness (QED) is 0.715. The molecule has 3 aromatic rings. The van der Waals surface area contributed by atoms with Gasteiger partial charge in [0.05, 0.1) is 28.6 Å². The van der Waals surface area contributed by atoms with Crippen LogP contribution in [0.2, 0.25) is 5.02 Å². The Morgan fingerprint density at radius 3 is 2.71 bits per heavy atom. The molecule has 0 spiro atoms. The van der Waals surface area contributed by atoms with Crippen LogP contribution < -0.4 is 5.32 Å². The Bertz CT molecular complexity index is 740. The van der Waals surface area contributed by atoms with Gasteiger partial charge in [-0.3, -0.25) is 0 Å². The Balaban J connectivity index is 1.72. The van der Waals surface area contributed by atoms with Gasteiger partial charge in [-0.25, -0.2) is 4.68 Å². The van der Waals surface area contributed by atoms with Gasteiger partial charge in [-0.15, -0.1) is 0 Å². The standard InChI is InChI=1S/C16H13BrClN3/c17-12-6-7-15(18)16(10-12)19-11-13-8-9-21(20-13)14-4-2-1-3-5-14/h1-10,19H,11H2. The average molecular weight is 363 g/mol. The molecule has 106 valence electrons. The number of hydrogen-bond acceptors (Lipinski definition) is 2. The predicted octanol–water partition coefficient (Wildman–Crippen LogP) is 4.90. The maximum absolute atomic E-state index is 6.15. The van der Waals surface area contributed by atoms with E-state index in [1.165, 1.54) is 0 Å². The minimum absolute atomic E-state index is 0.621. The number of halogens is 2. The van der Waals surface area contributed by atoms with Crippen molar-refractivity contribution in [1.82, 2.24) is 9.78 Å². The zero-order valence-corrected chi connectivity index (χ0v) is 13.5. The van der Waals surface area contributed by atoms with E-state index in [2.05, 4.69) is 26.3 Å². The van der Waals surface area contributed by atoms with Crippen LogP contribution in [-0.2, 0) is 6.54 Å². The van der Waals surface area contributed by atoms with Crippen LogP contribution in [0.1, 0.15) is 5.69 Å².